The van der Waals surface area contributed by atoms with Gasteiger partial charge >= 0.3 is 0 Å². The number of amides is 3. The van der Waals surface area contributed by atoms with E-state index in [4.69, 9.17) is 17.3 Å². The molecule has 0 radical (unpaired) electrons. The summed E-state index contributed by atoms with van der Waals surface area (Å²) in [5.41, 5.74) is 6.29. The number of hydrogen-bond acceptors (Lipinski definition) is 4. The highest BCUT2D eigenvalue weighted by atomic mass is 35.5. The van der Waals surface area contributed by atoms with Crippen molar-refractivity contribution < 1.29 is 14.4 Å². The quantitative estimate of drug-likeness (QED) is 0.786. The van der Waals surface area contributed by atoms with Crippen molar-refractivity contribution in [3.63, 3.8) is 0 Å². The first-order valence-corrected chi connectivity index (χ1v) is 9.03. The van der Waals surface area contributed by atoms with E-state index in [9.17, 15) is 14.4 Å². The molecule has 1 saturated heterocycles. The largest absolute Gasteiger partial charge is 0.346 e. The van der Waals surface area contributed by atoms with Crippen molar-refractivity contribution in [2.45, 2.75) is 19.9 Å². The normalized spacial score (nSPS) is 15.7. The van der Waals surface area contributed by atoms with Gasteiger partial charge in [0.05, 0.1) is 12.6 Å². The lowest BCUT2D eigenvalue weighted by Crippen LogP contribution is -2.53. The standard InChI is InChI=1S/C18H25ClN4O3/c1-12(2)16(20)17(25)21-11-15(24)22-6-8-23(9-7-22)18(26)13-4-3-5-14(19)10-13/h3-5,10,12,16H,6-9,11,20H2,1-2H3,(H,21,25)/t16-/m0/s1. The smallest absolute Gasteiger partial charge is 0.254 e. The number of nitrogens with zero attached hydrogens (tertiary/aromatic N) is 2. The Hall–Kier alpha value is -2.12. The number of halogens is 1. The van der Waals surface area contributed by atoms with Gasteiger partial charge in [-0.3, -0.25) is 14.4 Å². The maximum absolute atomic E-state index is 12.5. The second kappa shape index (κ2) is 9.00. The van der Waals surface area contributed by atoms with Crippen LogP contribution in [0.4, 0.5) is 0 Å². The topological polar surface area (TPSA) is 95.7 Å². The Morgan fingerprint density at radius 3 is 2.35 bits per heavy atom. The maximum Gasteiger partial charge on any atom is 0.254 e. The Bertz CT molecular complexity index is 672. The Labute approximate surface area is 158 Å². The summed E-state index contributed by atoms with van der Waals surface area (Å²) < 4.78 is 0. The molecule has 1 atom stereocenters. The fourth-order valence-corrected chi connectivity index (χ4v) is 2.85. The maximum atomic E-state index is 12.5. The van der Waals surface area contributed by atoms with Crippen molar-refractivity contribution in [2.75, 3.05) is 32.7 Å². The fourth-order valence-electron chi connectivity index (χ4n) is 2.66. The molecule has 0 aliphatic carbocycles. The van der Waals surface area contributed by atoms with Crippen molar-refractivity contribution in [1.82, 2.24) is 15.1 Å². The summed E-state index contributed by atoms with van der Waals surface area (Å²) in [4.78, 5) is 39.9. The second-order valence-electron chi connectivity index (χ2n) is 6.67. The van der Waals surface area contributed by atoms with Crippen LogP contribution < -0.4 is 11.1 Å². The zero-order valence-electron chi connectivity index (χ0n) is 15.1. The van der Waals surface area contributed by atoms with E-state index in [0.29, 0.717) is 36.8 Å². The van der Waals surface area contributed by atoms with Gasteiger partial charge in [-0.2, -0.15) is 0 Å². The SMILES string of the molecule is CC(C)[C@H](N)C(=O)NCC(=O)N1CCN(C(=O)c2cccc(Cl)c2)CC1. The Kier molecular flexibility index (Phi) is 6.99. The molecule has 2 rings (SSSR count). The Morgan fingerprint density at radius 2 is 1.77 bits per heavy atom. The molecule has 3 N–H and O–H groups in total. The molecule has 1 aromatic rings. The molecule has 1 aliphatic heterocycles. The van der Waals surface area contributed by atoms with Crippen molar-refractivity contribution in [2.24, 2.45) is 11.7 Å². The third-order valence-electron chi connectivity index (χ3n) is 4.43. The predicted molar refractivity (Wildman–Crippen MR) is 99.8 cm³/mol. The van der Waals surface area contributed by atoms with E-state index < -0.39 is 6.04 Å². The summed E-state index contributed by atoms with van der Waals surface area (Å²) in [5, 5.41) is 3.09. The number of carbonyl (C=O) groups excluding carboxylic acids is 3. The molecule has 0 spiro atoms. The zero-order valence-corrected chi connectivity index (χ0v) is 15.8. The highest BCUT2D eigenvalue weighted by molar-refractivity contribution is 6.30. The lowest BCUT2D eigenvalue weighted by atomic mass is 10.1. The minimum atomic E-state index is -0.630. The number of benzene rings is 1. The molecule has 0 saturated carbocycles. The molecule has 0 unspecified atom stereocenters. The first-order valence-electron chi connectivity index (χ1n) is 8.65. The minimum absolute atomic E-state index is 0.00569. The third-order valence-corrected chi connectivity index (χ3v) is 4.66. The van der Waals surface area contributed by atoms with E-state index in [1.807, 2.05) is 13.8 Å². The highest BCUT2D eigenvalue weighted by Gasteiger charge is 2.25. The lowest BCUT2D eigenvalue weighted by molar-refractivity contribution is -0.134. The summed E-state index contributed by atoms with van der Waals surface area (Å²) in [7, 11) is 0. The van der Waals surface area contributed by atoms with Gasteiger partial charge in [0.1, 0.15) is 0 Å². The van der Waals surface area contributed by atoms with Crippen LogP contribution in [0.1, 0.15) is 24.2 Å². The summed E-state index contributed by atoms with van der Waals surface area (Å²) in [6, 6.07) is 6.18. The van der Waals surface area contributed by atoms with E-state index >= 15 is 0 Å². The van der Waals surface area contributed by atoms with Crippen LogP contribution in [-0.4, -0.2) is 66.3 Å². The van der Waals surface area contributed by atoms with Crippen LogP contribution >= 0.6 is 11.6 Å². The average Bonchev–Trinajstić information content (AvgIpc) is 2.64. The van der Waals surface area contributed by atoms with Crippen LogP contribution in [0.25, 0.3) is 0 Å². The molecular weight excluding hydrogens is 356 g/mol. The van der Waals surface area contributed by atoms with Crippen LogP contribution in [0.3, 0.4) is 0 Å². The number of nitrogens with one attached hydrogen (secondary N) is 1. The van der Waals surface area contributed by atoms with Crippen LogP contribution in [0.15, 0.2) is 24.3 Å². The van der Waals surface area contributed by atoms with Gasteiger partial charge in [0.2, 0.25) is 11.8 Å². The van der Waals surface area contributed by atoms with Crippen LogP contribution in [0, 0.1) is 5.92 Å². The van der Waals surface area contributed by atoms with E-state index in [0.717, 1.165) is 0 Å². The first-order chi connectivity index (χ1) is 12.3. The van der Waals surface area contributed by atoms with Gasteiger partial charge in [0, 0.05) is 36.8 Å². The number of piperazine rings is 1. The summed E-state index contributed by atoms with van der Waals surface area (Å²) in [6.45, 7) is 5.35. The second-order valence-corrected chi connectivity index (χ2v) is 7.11. The molecule has 1 heterocycles. The van der Waals surface area contributed by atoms with E-state index in [1.165, 1.54) is 0 Å². The van der Waals surface area contributed by atoms with Crippen LogP contribution in [0.5, 0.6) is 0 Å². The molecule has 3 amide bonds. The molecule has 1 aromatic carbocycles. The minimum Gasteiger partial charge on any atom is -0.346 e. The predicted octanol–water partition coefficient (Wildman–Crippen LogP) is 0.724. The van der Waals surface area contributed by atoms with Gasteiger partial charge in [-0.1, -0.05) is 31.5 Å². The van der Waals surface area contributed by atoms with Crippen molar-refractivity contribution in [3.05, 3.63) is 34.9 Å². The van der Waals surface area contributed by atoms with Gasteiger partial charge < -0.3 is 20.9 Å². The van der Waals surface area contributed by atoms with Crippen molar-refractivity contribution in [3.8, 4) is 0 Å². The molecular formula is C18H25ClN4O3. The monoisotopic (exact) mass is 380 g/mol. The highest BCUT2D eigenvalue weighted by Crippen LogP contribution is 2.14. The molecule has 26 heavy (non-hydrogen) atoms. The van der Waals surface area contributed by atoms with Crippen LogP contribution in [-0.2, 0) is 9.59 Å². The number of nitrogens with two attached hydrogens (primary N) is 1. The van der Waals surface area contributed by atoms with Crippen LogP contribution in [0.2, 0.25) is 5.02 Å². The molecule has 0 aromatic heterocycles. The molecule has 0 bridgehead atoms. The Morgan fingerprint density at radius 1 is 1.15 bits per heavy atom. The number of hydrogen-bond donors (Lipinski definition) is 2. The zero-order chi connectivity index (χ0) is 19.3. The van der Waals surface area contributed by atoms with Gasteiger partial charge in [-0.15, -0.1) is 0 Å². The third kappa shape index (κ3) is 5.19. The van der Waals surface area contributed by atoms with Gasteiger partial charge in [-0.25, -0.2) is 0 Å². The molecule has 142 valence electrons. The average molecular weight is 381 g/mol. The summed E-state index contributed by atoms with van der Waals surface area (Å²) >= 11 is 5.93. The van der Waals surface area contributed by atoms with Gasteiger partial charge in [-0.05, 0) is 24.1 Å². The lowest BCUT2D eigenvalue weighted by Gasteiger charge is -2.35. The molecule has 7 nitrogen and oxygen atoms in total. The van der Waals surface area contributed by atoms with E-state index in [-0.39, 0.29) is 30.2 Å². The van der Waals surface area contributed by atoms with E-state index in [1.54, 1.807) is 34.1 Å². The first kappa shape index (κ1) is 20.2. The van der Waals surface area contributed by atoms with Crippen molar-refractivity contribution >= 4 is 29.3 Å². The summed E-state index contributed by atoms with van der Waals surface area (Å²) in [5.74, 6) is -0.603. The van der Waals surface area contributed by atoms with Crippen molar-refractivity contribution in [1.29, 1.82) is 0 Å². The molecule has 1 aliphatic rings. The summed E-state index contributed by atoms with van der Waals surface area (Å²) in [6.07, 6.45) is 0. The molecule has 8 heteroatoms. The van der Waals surface area contributed by atoms with Gasteiger partial charge in [0.15, 0.2) is 0 Å². The fraction of sp³-hybridized carbons (Fsp3) is 0.500. The molecule has 1 fully saturated rings. The number of carbonyl (C=O) groups is 3. The van der Waals surface area contributed by atoms with Gasteiger partial charge in [0.25, 0.3) is 5.91 Å². The number of rotatable bonds is 5. The Balaban J connectivity index is 1.81. The van der Waals surface area contributed by atoms with E-state index in [2.05, 4.69) is 5.32 Å².